The lowest BCUT2D eigenvalue weighted by Crippen LogP contribution is -2.06. The summed E-state index contributed by atoms with van der Waals surface area (Å²) in [5.74, 6) is -1.12. The predicted octanol–water partition coefficient (Wildman–Crippen LogP) is 3.58. The third-order valence-corrected chi connectivity index (χ3v) is 2.66. The minimum absolute atomic E-state index is 0.132. The molecule has 0 radical (unpaired) electrons. The Morgan fingerprint density at radius 1 is 1.33 bits per heavy atom. The van der Waals surface area contributed by atoms with E-state index in [4.69, 9.17) is 22.1 Å². The number of benzene rings is 1. The number of halogens is 4. The first-order valence-corrected chi connectivity index (χ1v) is 5.65. The van der Waals surface area contributed by atoms with Crippen molar-refractivity contribution in [2.45, 2.75) is 6.18 Å². The maximum Gasteiger partial charge on any atom is 0.452 e. The van der Waals surface area contributed by atoms with Crippen molar-refractivity contribution in [1.29, 1.82) is 0 Å². The third kappa shape index (κ3) is 2.82. The topological polar surface area (TPSA) is 61.0 Å². The van der Waals surface area contributed by atoms with Gasteiger partial charge in [0.2, 0.25) is 0 Å². The first-order valence-electron chi connectivity index (χ1n) is 4.50. The Kier molecular flexibility index (Phi) is 3.31. The van der Waals surface area contributed by atoms with Crippen molar-refractivity contribution in [3.63, 3.8) is 0 Å². The van der Waals surface area contributed by atoms with Gasteiger partial charge in [0.1, 0.15) is 0 Å². The Bertz CT molecular complexity index is 572. The molecule has 0 amide bonds. The largest absolute Gasteiger partial charge is 0.452 e. The fourth-order valence-corrected chi connectivity index (χ4v) is 1.78. The highest BCUT2D eigenvalue weighted by Crippen LogP contribution is 2.34. The van der Waals surface area contributed by atoms with E-state index in [0.29, 0.717) is 16.6 Å². The molecule has 1 heterocycles. The van der Waals surface area contributed by atoms with E-state index in [2.05, 4.69) is 9.36 Å². The summed E-state index contributed by atoms with van der Waals surface area (Å²) in [5.41, 5.74) is 5.82. The lowest BCUT2D eigenvalue weighted by Gasteiger charge is -2.05. The van der Waals surface area contributed by atoms with Gasteiger partial charge in [0.15, 0.2) is 5.75 Å². The van der Waals surface area contributed by atoms with Crippen LogP contribution in [0.3, 0.4) is 0 Å². The van der Waals surface area contributed by atoms with E-state index in [1.165, 1.54) is 18.2 Å². The molecule has 2 aromatic rings. The van der Waals surface area contributed by atoms with Gasteiger partial charge in [-0.3, -0.25) is 0 Å². The van der Waals surface area contributed by atoms with Gasteiger partial charge in [0.05, 0.1) is 5.69 Å². The molecule has 0 bridgehead atoms. The van der Waals surface area contributed by atoms with Gasteiger partial charge >= 0.3 is 6.18 Å². The van der Waals surface area contributed by atoms with Gasteiger partial charge in [0.25, 0.3) is 11.0 Å². The van der Waals surface area contributed by atoms with Crippen LogP contribution in [-0.4, -0.2) is 9.36 Å². The van der Waals surface area contributed by atoms with Crippen molar-refractivity contribution in [2.24, 2.45) is 0 Å². The first-order chi connectivity index (χ1) is 8.36. The number of ether oxygens (including phenoxy) is 1. The SMILES string of the molecule is Nc1ccc(Cl)cc1Oc1nc(C(F)(F)F)ns1. The third-order valence-electron chi connectivity index (χ3n) is 1.83. The van der Waals surface area contributed by atoms with Crippen LogP contribution in [0, 0.1) is 0 Å². The number of hydrogen-bond acceptors (Lipinski definition) is 5. The molecular formula is C9H5ClF3N3OS. The lowest BCUT2D eigenvalue weighted by molar-refractivity contribution is -0.144. The summed E-state index contributed by atoms with van der Waals surface area (Å²) in [4.78, 5) is 3.21. The Balaban J connectivity index is 2.24. The van der Waals surface area contributed by atoms with Gasteiger partial charge in [-0.25, -0.2) is 0 Å². The molecular weight excluding hydrogens is 291 g/mol. The van der Waals surface area contributed by atoms with Crippen molar-refractivity contribution >= 4 is 28.8 Å². The van der Waals surface area contributed by atoms with E-state index in [1.807, 2.05) is 0 Å². The lowest BCUT2D eigenvalue weighted by atomic mass is 10.3. The highest BCUT2D eigenvalue weighted by Gasteiger charge is 2.36. The number of nitrogen functional groups attached to an aromatic ring is 1. The summed E-state index contributed by atoms with van der Waals surface area (Å²) < 4.78 is 45.0. The van der Waals surface area contributed by atoms with Crippen LogP contribution < -0.4 is 10.5 Å². The van der Waals surface area contributed by atoms with Crippen molar-refractivity contribution in [2.75, 3.05) is 5.73 Å². The Hall–Kier alpha value is -1.54. The van der Waals surface area contributed by atoms with Crippen LogP contribution in [0.1, 0.15) is 5.82 Å². The van der Waals surface area contributed by atoms with Crippen molar-refractivity contribution in [1.82, 2.24) is 9.36 Å². The van der Waals surface area contributed by atoms with E-state index in [-0.39, 0.29) is 16.6 Å². The molecule has 0 saturated heterocycles. The van der Waals surface area contributed by atoms with E-state index < -0.39 is 12.0 Å². The van der Waals surface area contributed by atoms with Gasteiger partial charge in [-0.1, -0.05) is 11.6 Å². The fourth-order valence-electron chi connectivity index (χ4n) is 1.06. The quantitative estimate of drug-likeness (QED) is 0.860. The normalized spacial score (nSPS) is 11.6. The Morgan fingerprint density at radius 2 is 2.06 bits per heavy atom. The highest BCUT2D eigenvalue weighted by molar-refractivity contribution is 7.07. The van der Waals surface area contributed by atoms with Gasteiger partial charge in [-0.2, -0.15) is 22.5 Å². The Labute approximate surface area is 108 Å². The summed E-state index contributed by atoms with van der Waals surface area (Å²) in [6, 6.07) is 4.39. The van der Waals surface area contributed by atoms with Crippen LogP contribution in [-0.2, 0) is 6.18 Å². The van der Waals surface area contributed by atoms with Crippen LogP contribution in [0.25, 0.3) is 0 Å². The monoisotopic (exact) mass is 295 g/mol. The minimum atomic E-state index is -4.60. The van der Waals surface area contributed by atoms with E-state index in [1.54, 1.807) is 0 Å². The summed E-state index contributed by atoms with van der Waals surface area (Å²) in [7, 11) is 0. The predicted molar refractivity (Wildman–Crippen MR) is 60.8 cm³/mol. The Morgan fingerprint density at radius 3 is 2.67 bits per heavy atom. The second-order valence-corrected chi connectivity index (χ2v) is 4.32. The molecule has 0 aliphatic rings. The zero-order chi connectivity index (χ0) is 13.3. The summed E-state index contributed by atoms with van der Waals surface area (Å²) in [5, 5.41) is 0.0936. The molecule has 0 fully saturated rings. The molecule has 1 aromatic heterocycles. The first kappa shape index (κ1) is 12.9. The second kappa shape index (κ2) is 4.62. The summed E-state index contributed by atoms with van der Waals surface area (Å²) in [6.45, 7) is 0. The molecule has 4 nitrogen and oxygen atoms in total. The molecule has 9 heteroatoms. The fraction of sp³-hybridized carbons (Fsp3) is 0.111. The van der Waals surface area contributed by atoms with Crippen LogP contribution in [0.4, 0.5) is 18.9 Å². The van der Waals surface area contributed by atoms with E-state index >= 15 is 0 Å². The molecule has 0 spiro atoms. The van der Waals surface area contributed by atoms with Gasteiger partial charge in [-0.05, 0) is 12.1 Å². The number of aromatic nitrogens is 2. The number of hydrogen-bond donors (Lipinski definition) is 1. The van der Waals surface area contributed by atoms with Crippen molar-refractivity contribution < 1.29 is 17.9 Å². The molecule has 0 atom stereocenters. The molecule has 96 valence electrons. The minimum Gasteiger partial charge on any atom is -0.428 e. The molecule has 18 heavy (non-hydrogen) atoms. The van der Waals surface area contributed by atoms with Crippen LogP contribution in [0.5, 0.6) is 10.9 Å². The van der Waals surface area contributed by atoms with Crippen LogP contribution in [0.15, 0.2) is 18.2 Å². The zero-order valence-electron chi connectivity index (χ0n) is 8.53. The van der Waals surface area contributed by atoms with Gasteiger partial charge in [0, 0.05) is 22.6 Å². The number of nitrogens with zero attached hydrogens (tertiary/aromatic N) is 2. The number of rotatable bonds is 2. The van der Waals surface area contributed by atoms with Gasteiger partial charge in [-0.15, -0.1) is 0 Å². The molecule has 0 aliphatic heterocycles. The summed E-state index contributed by atoms with van der Waals surface area (Å²) >= 11 is 6.20. The van der Waals surface area contributed by atoms with E-state index in [9.17, 15) is 13.2 Å². The van der Waals surface area contributed by atoms with Crippen LogP contribution in [0.2, 0.25) is 5.02 Å². The smallest absolute Gasteiger partial charge is 0.428 e. The maximum absolute atomic E-state index is 12.3. The van der Waals surface area contributed by atoms with Crippen molar-refractivity contribution in [3.8, 4) is 10.9 Å². The number of nitrogens with two attached hydrogens (primary N) is 1. The number of anilines is 1. The molecule has 2 rings (SSSR count). The molecule has 0 saturated carbocycles. The van der Waals surface area contributed by atoms with Crippen molar-refractivity contribution in [3.05, 3.63) is 29.0 Å². The maximum atomic E-state index is 12.3. The average molecular weight is 296 g/mol. The van der Waals surface area contributed by atoms with Crippen LogP contribution >= 0.6 is 23.1 Å². The summed E-state index contributed by atoms with van der Waals surface area (Å²) in [6.07, 6.45) is -4.60. The van der Waals surface area contributed by atoms with E-state index in [0.717, 1.165) is 0 Å². The standard InChI is InChI=1S/C9H5ClF3N3OS/c10-4-1-2-5(14)6(3-4)17-8-15-7(16-18-8)9(11,12)13/h1-3H,14H2. The van der Waals surface area contributed by atoms with Gasteiger partial charge < -0.3 is 10.5 Å². The second-order valence-electron chi connectivity index (χ2n) is 3.17. The molecule has 0 unspecified atom stereocenters. The average Bonchev–Trinajstić information content (AvgIpc) is 2.71. The number of alkyl halides is 3. The molecule has 0 aliphatic carbocycles. The molecule has 2 N–H and O–H groups in total. The zero-order valence-corrected chi connectivity index (χ0v) is 10.1. The molecule has 1 aromatic carbocycles. The highest BCUT2D eigenvalue weighted by atomic mass is 35.5.